The molecule has 0 radical (unpaired) electrons. The standard InChI is InChI=1S/C12H22N2S/c1-4-8-15-9-6-13-12-5-7-14(10-12)11(2)3/h1,11-13H,5-10H2,2-3H3. The third kappa shape index (κ3) is 4.92. The fraction of sp³-hybridized carbons (Fsp3) is 0.833. The molecule has 86 valence electrons. The van der Waals surface area contributed by atoms with Crippen molar-refractivity contribution in [2.45, 2.75) is 32.4 Å². The first kappa shape index (κ1) is 12.9. The molecule has 15 heavy (non-hydrogen) atoms. The molecule has 0 spiro atoms. The number of terminal acetylenes is 1. The molecule has 0 aliphatic carbocycles. The summed E-state index contributed by atoms with van der Waals surface area (Å²) in [7, 11) is 0. The van der Waals surface area contributed by atoms with Crippen molar-refractivity contribution >= 4 is 11.8 Å². The second-order valence-corrected chi connectivity index (χ2v) is 5.39. The number of thioether (sulfide) groups is 1. The zero-order valence-corrected chi connectivity index (χ0v) is 10.6. The van der Waals surface area contributed by atoms with Crippen molar-refractivity contribution in [3.8, 4) is 12.3 Å². The van der Waals surface area contributed by atoms with Gasteiger partial charge in [-0.1, -0.05) is 5.92 Å². The Morgan fingerprint density at radius 2 is 2.40 bits per heavy atom. The van der Waals surface area contributed by atoms with E-state index in [4.69, 9.17) is 6.42 Å². The van der Waals surface area contributed by atoms with Crippen molar-refractivity contribution < 1.29 is 0 Å². The first-order valence-electron chi connectivity index (χ1n) is 5.72. The first-order chi connectivity index (χ1) is 7.24. The Hall–Kier alpha value is -0.170. The Morgan fingerprint density at radius 3 is 3.00 bits per heavy atom. The smallest absolute Gasteiger partial charge is 0.0545 e. The molecule has 1 rings (SSSR count). The van der Waals surface area contributed by atoms with Gasteiger partial charge in [-0.25, -0.2) is 0 Å². The van der Waals surface area contributed by atoms with E-state index in [9.17, 15) is 0 Å². The van der Waals surface area contributed by atoms with E-state index < -0.39 is 0 Å². The molecule has 1 aliphatic heterocycles. The minimum absolute atomic E-state index is 0.688. The number of nitrogens with zero attached hydrogens (tertiary/aromatic N) is 1. The maximum absolute atomic E-state index is 5.19. The monoisotopic (exact) mass is 226 g/mol. The minimum Gasteiger partial charge on any atom is -0.312 e. The predicted molar refractivity (Wildman–Crippen MR) is 69.3 cm³/mol. The fourth-order valence-electron chi connectivity index (χ4n) is 1.89. The average Bonchev–Trinajstić information content (AvgIpc) is 2.66. The van der Waals surface area contributed by atoms with Crippen LogP contribution in [0.2, 0.25) is 0 Å². The Balaban J connectivity index is 2.02. The molecule has 1 heterocycles. The van der Waals surface area contributed by atoms with Gasteiger partial charge in [0.2, 0.25) is 0 Å². The summed E-state index contributed by atoms with van der Waals surface area (Å²) in [5, 5.41) is 3.59. The second-order valence-electron chi connectivity index (χ2n) is 4.29. The molecular weight excluding hydrogens is 204 g/mol. The molecular formula is C12H22N2S. The van der Waals surface area contributed by atoms with Gasteiger partial charge in [0.1, 0.15) is 0 Å². The van der Waals surface area contributed by atoms with Crippen molar-refractivity contribution in [2.24, 2.45) is 0 Å². The summed E-state index contributed by atoms with van der Waals surface area (Å²) in [6.07, 6.45) is 6.48. The van der Waals surface area contributed by atoms with Crippen LogP contribution in [-0.4, -0.2) is 48.1 Å². The van der Waals surface area contributed by atoms with E-state index in [1.807, 2.05) is 11.8 Å². The molecule has 0 aromatic rings. The summed E-state index contributed by atoms with van der Waals surface area (Å²) >= 11 is 1.83. The van der Waals surface area contributed by atoms with Gasteiger partial charge in [-0.2, -0.15) is 0 Å². The SMILES string of the molecule is C#CCSCCNC1CCN(C(C)C)C1. The maximum atomic E-state index is 5.19. The molecule has 2 nitrogen and oxygen atoms in total. The van der Waals surface area contributed by atoms with Crippen LogP contribution in [0.25, 0.3) is 0 Å². The molecule has 0 amide bonds. The molecule has 1 aliphatic rings. The summed E-state index contributed by atoms with van der Waals surface area (Å²) < 4.78 is 0. The van der Waals surface area contributed by atoms with Crippen molar-refractivity contribution in [1.82, 2.24) is 10.2 Å². The molecule has 1 saturated heterocycles. The van der Waals surface area contributed by atoms with E-state index in [1.165, 1.54) is 19.5 Å². The van der Waals surface area contributed by atoms with Gasteiger partial charge in [0, 0.05) is 30.9 Å². The van der Waals surface area contributed by atoms with Crippen LogP contribution in [0, 0.1) is 12.3 Å². The van der Waals surface area contributed by atoms with Gasteiger partial charge in [0.25, 0.3) is 0 Å². The van der Waals surface area contributed by atoms with Gasteiger partial charge in [-0.05, 0) is 26.8 Å². The molecule has 1 unspecified atom stereocenters. The van der Waals surface area contributed by atoms with Gasteiger partial charge >= 0.3 is 0 Å². The lowest BCUT2D eigenvalue weighted by Crippen LogP contribution is -2.36. The van der Waals surface area contributed by atoms with Crippen LogP contribution >= 0.6 is 11.8 Å². The maximum Gasteiger partial charge on any atom is 0.0545 e. The zero-order chi connectivity index (χ0) is 11.1. The molecule has 0 aromatic heterocycles. The molecule has 1 atom stereocenters. The van der Waals surface area contributed by atoms with Crippen molar-refractivity contribution in [2.75, 3.05) is 31.1 Å². The van der Waals surface area contributed by atoms with Gasteiger partial charge in [0.15, 0.2) is 0 Å². The van der Waals surface area contributed by atoms with Crippen molar-refractivity contribution in [3.63, 3.8) is 0 Å². The molecule has 1 fully saturated rings. The summed E-state index contributed by atoms with van der Waals surface area (Å²) in [6.45, 7) is 8.07. The van der Waals surface area contributed by atoms with E-state index in [0.29, 0.717) is 12.1 Å². The van der Waals surface area contributed by atoms with Crippen LogP contribution in [-0.2, 0) is 0 Å². The van der Waals surface area contributed by atoms with Crippen LogP contribution < -0.4 is 5.32 Å². The van der Waals surface area contributed by atoms with E-state index in [2.05, 4.69) is 30.0 Å². The highest BCUT2D eigenvalue weighted by Gasteiger charge is 2.23. The van der Waals surface area contributed by atoms with Crippen molar-refractivity contribution in [1.29, 1.82) is 0 Å². The first-order valence-corrected chi connectivity index (χ1v) is 6.88. The lowest BCUT2D eigenvalue weighted by molar-refractivity contribution is 0.268. The molecule has 0 aromatic carbocycles. The Bertz CT molecular complexity index is 210. The van der Waals surface area contributed by atoms with E-state index in [-0.39, 0.29) is 0 Å². The summed E-state index contributed by atoms with van der Waals surface area (Å²) in [5.41, 5.74) is 0. The summed E-state index contributed by atoms with van der Waals surface area (Å²) in [6, 6.07) is 1.38. The predicted octanol–water partition coefficient (Wildman–Crippen LogP) is 1.43. The Labute approximate surface area is 98.2 Å². The zero-order valence-electron chi connectivity index (χ0n) is 9.83. The lowest BCUT2D eigenvalue weighted by atomic mass is 10.3. The van der Waals surface area contributed by atoms with Crippen LogP contribution in [0.3, 0.4) is 0 Å². The van der Waals surface area contributed by atoms with Gasteiger partial charge in [-0.3, -0.25) is 4.90 Å². The molecule has 0 saturated carbocycles. The largest absolute Gasteiger partial charge is 0.312 e. The normalized spacial score (nSPS) is 22.1. The topological polar surface area (TPSA) is 15.3 Å². The molecule has 0 bridgehead atoms. The number of likely N-dealkylation sites (tertiary alicyclic amines) is 1. The second kappa shape index (κ2) is 7.16. The number of hydrogen-bond acceptors (Lipinski definition) is 3. The Morgan fingerprint density at radius 1 is 1.60 bits per heavy atom. The number of rotatable bonds is 6. The van der Waals surface area contributed by atoms with E-state index >= 15 is 0 Å². The highest BCUT2D eigenvalue weighted by molar-refractivity contribution is 7.99. The van der Waals surface area contributed by atoms with Crippen molar-refractivity contribution in [3.05, 3.63) is 0 Å². The Kier molecular flexibility index (Phi) is 6.16. The van der Waals surface area contributed by atoms with Gasteiger partial charge in [0.05, 0.1) is 5.75 Å². The third-order valence-corrected chi connectivity index (χ3v) is 3.68. The van der Waals surface area contributed by atoms with Gasteiger partial charge < -0.3 is 5.32 Å². The van der Waals surface area contributed by atoms with Crippen LogP contribution in [0.5, 0.6) is 0 Å². The number of nitrogens with one attached hydrogen (secondary N) is 1. The summed E-state index contributed by atoms with van der Waals surface area (Å²) in [5.74, 6) is 4.61. The van der Waals surface area contributed by atoms with Gasteiger partial charge in [-0.15, -0.1) is 18.2 Å². The molecule has 1 N–H and O–H groups in total. The quantitative estimate of drug-likeness (QED) is 0.545. The average molecular weight is 226 g/mol. The number of hydrogen-bond donors (Lipinski definition) is 1. The summed E-state index contributed by atoms with van der Waals surface area (Å²) in [4.78, 5) is 2.53. The highest BCUT2D eigenvalue weighted by atomic mass is 32.2. The fourth-order valence-corrected chi connectivity index (χ4v) is 2.41. The minimum atomic E-state index is 0.688. The molecule has 3 heteroatoms. The van der Waals surface area contributed by atoms with E-state index in [1.54, 1.807) is 0 Å². The van der Waals surface area contributed by atoms with Crippen LogP contribution in [0.4, 0.5) is 0 Å². The van der Waals surface area contributed by atoms with E-state index in [0.717, 1.165) is 18.1 Å². The third-order valence-electron chi connectivity index (χ3n) is 2.81. The lowest BCUT2D eigenvalue weighted by Gasteiger charge is -2.20. The highest BCUT2D eigenvalue weighted by Crippen LogP contribution is 2.12. The van der Waals surface area contributed by atoms with Crippen LogP contribution in [0.1, 0.15) is 20.3 Å². The van der Waals surface area contributed by atoms with Crippen LogP contribution in [0.15, 0.2) is 0 Å².